The molecule has 0 saturated heterocycles. The third kappa shape index (κ3) is 4.16. The summed E-state index contributed by atoms with van der Waals surface area (Å²) in [5.74, 6) is 0.672. The van der Waals surface area contributed by atoms with Crippen LogP contribution in [-0.2, 0) is 22.6 Å². The summed E-state index contributed by atoms with van der Waals surface area (Å²) in [4.78, 5) is 12.1. The van der Waals surface area contributed by atoms with Crippen molar-refractivity contribution in [2.45, 2.75) is 20.0 Å². The van der Waals surface area contributed by atoms with Gasteiger partial charge in [-0.3, -0.25) is 4.79 Å². The fraction of sp³-hybridized carbons (Fsp3) is 0.250. The molecular weight excluding hydrogens is 302 g/mol. The van der Waals surface area contributed by atoms with Crippen LogP contribution in [0.15, 0.2) is 54.8 Å². The first-order valence-corrected chi connectivity index (χ1v) is 7.95. The normalized spacial score (nSPS) is 11.0. The van der Waals surface area contributed by atoms with Crippen LogP contribution in [0, 0.1) is 0 Å². The summed E-state index contributed by atoms with van der Waals surface area (Å²) in [5.41, 5.74) is 3.36. The lowest BCUT2D eigenvalue weighted by molar-refractivity contribution is -0.115. The molecule has 0 bridgehead atoms. The highest BCUT2D eigenvalue weighted by molar-refractivity contribution is 6.19. The van der Waals surface area contributed by atoms with Crippen molar-refractivity contribution < 1.29 is 14.3 Å². The molecule has 1 N–H and O–H groups in total. The number of carbonyl (C=O) groups is 1. The van der Waals surface area contributed by atoms with Crippen LogP contribution < -0.4 is 10.1 Å². The zero-order valence-corrected chi connectivity index (χ0v) is 14.3. The van der Waals surface area contributed by atoms with Crippen molar-refractivity contribution in [3.63, 3.8) is 0 Å². The van der Waals surface area contributed by atoms with Gasteiger partial charge in [0.15, 0.2) is 0 Å². The largest absolute Gasteiger partial charge is 0.504 e. The summed E-state index contributed by atoms with van der Waals surface area (Å²) in [6.45, 7) is 2.48. The predicted molar refractivity (Wildman–Crippen MR) is 95.6 cm³/mol. The number of amides is 1. The smallest absolute Gasteiger partial charge is 0.254 e. The van der Waals surface area contributed by atoms with Crippen molar-refractivity contribution >= 4 is 11.5 Å². The van der Waals surface area contributed by atoms with E-state index < -0.39 is 0 Å². The third-order valence-corrected chi connectivity index (χ3v) is 3.75. The number of likely N-dealkylation sites (N-methyl/N-ethyl adjacent to an activating group) is 1. The molecule has 0 fully saturated rings. The number of para-hydroxylation sites is 1. The summed E-state index contributed by atoms with van der Waals surface area (Å²) in [7, 11) is 3.13. The standard InChI is InChI=1S/C20H23NO3/c1-4-15-9-6-8-12-19(15)24-13-16-10-5-7-11-17(16)18(14-23-3)20(22)21-2/h5-12,14H,4,13H2,1-3H3,(H,21,22)/b18-14+. The lowest BCUT2D eigenvalue weighted by Gasteiger charge is -2.14. The Labute approximate surface area is 143 Å². The summed E-state index contributed by atoms with van der Waals surface area (Å²) in [5, 5.41) is 2.64. The van der Waals surface area contributed by atoms with Crippen LogP contribution in [0.2, 0.25) is 0 Å². The van der Waals surface area contributed by atoms with E-state index in [4.69, 9.17) is 9.47 Å². The summed E-state index contributed by atoms with van der Waals surface area (Å²) >= 11 is 0. The molecular formula is C20H23NO3. The SMILES string of the molecule is CCc1ccccc1OCc1ccccc1/C(=C\OC)C(=O)NC. The average Bonchev–Trinajstić information content (AvgIpc) is 2.64. The van der Waals surface area contributed by atoms with Crippen LogP contribution >= 0.6 is 0 Å². The van der Waals surface area contributed by atoms with Gasteiger partial charge in [0.1, 0.15) is 12.4 Å². The molecule has 0 atom stereocenters. The minimum absolute atomic E-state index is 0.196. The Morgan fingerprint density at radius 1 is 1.08 bits per heavy atom. The van der Waals surface area contributed by atoms with E-state index in [2.05, 4.69) is 18.3 Å². The molecule has 4 heteroatoms. The van der Waals surface area contributed by atoms with E-state index in [0.717, 1.165) is 28.9 Å². The Hall–Kier alpha value is -2.75. The van der Waals surface area contributed by atoms with Crippen LogP contribution in [0.1, 0.15) is 23.6 Å². The second kappa shape index (κ2) is 8.77. The van der Waals surface area contributed by atoms with E-state index in [9.17, 15) is 4.79 Å². The van der Waals surface area contributed by atoms with E-state index in [-0.39, 0.29) is 5.91 Å². The van der Waals surface area contributed by atoms with Crippen LogP contribution in [-0.4, -0.2) is 20.1 Å². The molecule has 0 spiro atoms. The Bertz CT molecular complexity index is 722. The first-order chi connectivity index (χ1) is 11.7. The molecule has 126 valence electrons. The van der Waals surface area contributed by atoms with E-state index in [1.54, 1.807) is 7.05 Å². The zero-order chi connectivity index (χ0) is 17.4. The third-order valence-electron chi connectivity index (χ3n) is 3.75. The fourth-order valence-electron chi connectivity index (χ4n) is 2.49. The van der Waals surface area contributed by atoms with Crippen molar-refractivity contribution in [3.05, 3.63) is 71.5 Å². The fourth-order valence-corrected chi connectivity index (χ4v) is 2.49. The highest BCUT2D eigenvalue weighted by Gasteiger charge is 2.15. The first-order valence-electron chi connectivity index (χ1n) is 7.95. The van der Waals surface area contributed by atoms with Gasteiger partial charge in [0.05, 0.1) is 18.9 Å². The van der Waals surface area contributed by atoms with Gasteiger partial charge in [0.2, 0.25) is 0 Å². The van der Waals surface area contributed by atoms with Gasteiger partial charge in [-0.25, -0.2) is 0 Å². The number of methoxy groups -OCH3 is 1. The predicted octanol–water partition coefficient (Wildman–Crippen LogP) is 3.56. The number of rotatable bonds is 7. The quantitative estimate of drug-likeness (QED) is 0.625. The Morgan fingerprint density at radius 2 is 1.75 bits per heavy atom. The monoisotopic (exact) mass is 325 g/mol. The van der Waals surface area contributed by atoms with Gasteiger partial charge in [-0.05, 0) is 29.2 Å². The molecule has 0 aliphatic carbocycles. The molecule has 0 radical (unpaired) electrons. The van der Waals surface area contributed by atoms with Crippen molar-refractivity contribution in [2.75, 3.05) is 14.2 Å². The maximum atomic E-state index is 12.1. The molecule has 0 saturated carbocycles. The molecule has 24 heavy (non-hydrogen) atoms. The van der Waals surface area contributed by atoms with Crippen LogP contribution in [0.25, 0.3) is 5.57 Å². The van der Waals surface area contributed by atoms with E-state index in [1.807, 2.05) is 42.5 Å². The Balaban J connectivity index is 2.29. The van der Waals surface area contributed by atoms with Crippen molar-refractivity contribution in [3.8, 4) is 5.75 Å². The molecule has 4 nitrogen and oxygen atoms in total. The number of carbonyl (C=O) groups excluding carboxylic acids is 1. The van der Waals surface area contributed by atoms with Gasteiger partial charge in [0.25, 0.3) is 5.91 Å². The Morgan fingerprint density at radius 3 is 2.42 bits per heavy atom. The highest BCUT2D eigenvalue weighted by atomic mass is 16.5. The molecule has 0 aliphatic heterocycles. The van der Waals surface area contributed by atoms with Gasteiger partial charge in [0, 0.05) is 7.05 Å². The molecule has 0 heterocycles. The zero-order valence-electron chi connectivity index (χ0n) is 14.3. The number of benzene rings is 2. The summed E-state index contributed by atoms with van der Waals surface area (Å²) in [6.07, 6.45) is 2.36. The maximum Gasteiger partial charge on any atom is 0.254 e. The molecule has 0 unspecified atom stereocenters. The summed E-state index contributed by atoms with van der Waals surface area (Å²) in [6, 6.07) is 15.7. The second-order valence-corrected chi connectivity index (χ2v) is 5.25. The van der Waals surface area contributed by atoms with Gasteiger partial charge in [-0.15, -0.1) is 0 Å². The van der Waals surface area contributed by atoms with E-state index >= 15 is 0 Å². The van der Waals surface area contributed by atoms with Crippen molar-refractivity contribution in [1.29, 1.82) is 0 Å². The Kier molecular flexibility index (Phi) is 6.43. The summed E-state index contributed by atoms with van der Waals surface area (Å²) < 4.78 is 11.1. The number of aryl methyl sites for hydroxylation is 1. The number of ether oxygens (including phenoxy) is 2. The molecule has 0 aromatic heterocycles. The average molecular weight is 325 g/mol. The van der Waals surface area contributed by atoms with Gasteiger partial charge in [-0.2, -0.15) is 0 Å². The second-order valence-electron chi connectivity index (χ2n) is 5.25. The lowest BCUT2D eigenvalue weighted by atomic mass is 10.0. The van der Waals surface area contributed by atoms with E-state index in [0.29, 0.717) is 12.2 Å². The minimum atomic E-state index is -0.196. The topological polar surface area (TPSA) is 47.6 Å². The van der Waals surface area contributed by atoms with Gasteiger partial charge < -0.3 is 14.8 Å². The minimum Gasteiger partial charge on any atom is -0.504 e. The molecule has 1 amide bonds. The van der Waals surface area contributed by atoms with Crippen molar-refractivity contribution in [1.82, 2.24) is 5.32 Å². The first kappa shape index (κ1) is 17.6. The molecule has 0 aliphatic rings. The van der Waals surface area contributed by atoms with Crippen LogP contribution in [0.5, 0.6) is 5.75 Å². The maximum absolute atomic E-state index is 12.1. The van der Waals surface area contributed by atoms with Gasteiger partial charge >= 0.3 is 0 Å². The van der Waals surface area contributed by atoms with Gasteiger partial charge in [-0.1, -0.05) is 49.4 Å². The lowest BCUT2D eigenvalue weighted by Crippen LogP contribution is -2.20. The molecule has 2 aromatic carbocycles. The highest BCUT2D eigenvalue weighted by Crippen LogP contribution is 2.24. The molecule has 2 rings (SSSR count). The molecule has 2 aromatic rings. The number of nitrogens with one attached hydrogen (secondary N) is 1. The number of hydrogen-bond donors (Lipinski definition) is 1. The van der Waals surface area contributed by atoms with Crippen molar-refractivity contribution in [2.24, 2.45) is 0 Å². The van der Waals surface area contributed by atoms with Crippen LogP contribution in [0.3, 0.4) is 0 Å². The van der Waals surface area contributed by atoms with Crippen LogP contribution in [0.4, 0.5) is 0 Å². The number of hydrogen-bond acceptors (Lipinski definition) is 3. The van der Waals surface area contributed by atoms with E-state index in [1.165, 1.54) is 13.4 Å².